The molecule has 0 radical (unpaired) electrons. The van der Waals surface area contributed by atoms with Crippen LogP contribution in [0.1, 0.15) is 24.2 Å². The number of aromatic nitrogens is 2. The highest BCUT2D eigenvalue weighted by Gasteiger charge is 2.30. The number of aryl methyl sites for hydroxylation is 2. The van der Waals surface area contributed by atoms with E-state index in [0.29, 0.717) is 16.3 Å². The van der Waals surface area contributed by atoms with Crippen LogP contribution in [0.5, 0.6) is 0 Å². The molecule has 5 nitrogen and oxygen atoms in total. The van der Waals surface area contributed by atoms with E-state index in [9.17, 15) is 9.59 Å². The third kappa shape index (κ3) is 1.73. The summed E-state index contributed by atoms with van der Waals surface area (Å²) in [5.74, 6) is 0.0119. The summed E-state index contributed by atoms with van der Waals surface area (Å²) in [6.07, 6.45) is 1.83. The van der Waals surface area contributed by atoms with Crippen LogP contribution in [0.15, 0.2) is 10.2 Å². The zero-order valence-electron chi connectivity index (χ0n) is 10.2. The van der Waals surface area contributed by atoms with E-state index in [1.54, 1.807) is 11.3 Å². The molecular weight excluding hydrogens is 250 g/mol. The summed E-state index contributed by atoms with van der Waals surface area (Å²) < 4.78 is 1.54. The Morgan fingerprint density at radius 3 is 2.89 bits per heavy atom. The minimum absolute atomic E-state index is 0.0650. The lowest BCUT2D eigenvalue weighted by molar-refractivity contribution is -0.117. The Hall–Kier alpha value is -1.69. The summed E-state index contributed by atoms with van der Waals surface area (Å²) in [7, 11) is 0. The molecule has 1 amide bonds. The number of hydrogen-bond donors (Lipinski definition) is 1. The van der Waals surface area contributed by atoms with Crippen molar-refractivity contribution in [2.75, 3.05) is 5.32 Å². The molecule has 2 aromatic rings. The molecule has 1 aliphatic rings. The van der Waals surface area contributed by atoms with Crippen molar-refractivity contribution < 1.29 is 4.79 Å². The molecule has 0 saturated heterocycles. The fourth-order valence-electron chi connectivity index (χ4n) is 1.90. The second-order valence-electron chi connectivity index (χ2n) is 4.64. The van der Waals surface area contributed by atoms with E-state index in [-0.39, 0.29) is 17.4 Å². The van der Waals surface area contributed by atoms with E-state index in [1.165, 1.54) is 11.3 Å². The quantitative estimate of drug-likeness (QED) is 0.897. The number of fused-ring (bicyclic) bond motifs is 1. The molecule has 0 bridgehead atoms. The van der Waals surface area contributed by atoms with E-state index in [0.717, 1.165) is 18.5 Å². The third-order valence-corrected chi connectivity index (χ3v) is 4.06. The standard InChI is InChI=1S/C12H13N3O2S/c1-6-5-18-12-13-7(2)9(11(17)15(6)12)14-10(16)8-3-4-8/h5,8H,3-4H2,1-2H3,(H,14,16). The predicted octanol–water partition coefficient (Wildman–Crippen LogP) is 1.72. The first-order chi connectivity index (χ1) is 8.58. The van der Waals surface area contributed by atoms with Gasteiger partial charge in [0, 0.05) is 17.0 Å². The van der Waals surface area contributed by atoms with Gasteiger partial charge >= 0.3 is 0 Å². The van der Waals surface area contributed by atoms with E-state index >= 15 is 0 Å². The monoisotopic (exact) mass is 263 g/mol. The van der Waals surface area contributed by atoms with Gasteiger partial charge in [-0.05, 0) is 26.7 Å². The Bertz CT molecular complexity index is 697. The zero-order valence-corrected chi connectivity index (χ0v) is 11.0. The molecule has 0 aliphatic heterocycles. The molecule has 2 aromatic heterocycles. The van der Waals surface area contributed by atoms with Crippen molar-refractivity contribution in [2.45, 2.75) is 26.7 Å². The third-order valence-electron chi connectivity index (χ3n) is 3.12. The maximum absolute atomic E-state index is 12.3. The first-order valence-corrected chi connectivity index (χ1v) is 6.74. The van der Waals surface area contributed by atoms with Crippen molar-refractivity contribution >= 4 is 27.9 Å². The van der Waals surface area contributed by atoms with Crippen LogP contribution in [-0.2, 0) is 4.79 Å². The maximum atomic E-state index is 12.3. The maximum Gasteiger partial charge on any atom is 0.282 e. The highest BCUT2D eigenvalue weighted by Crippen LogP contribution is 2.30. The number of anilines is 1. The van der Waals surface area contributed by atoms with E-state index in [1.807, 2.05) is 12.3 Å². The largest absolute Gasteiger partial charge is 0.320 e. The first-order valence-electron chi connectivity index (χ1n) is 5.86. The Balaban J connectivity index is 2.12. The lowest BCUT2D eigenvalue weighted by Gasteiger charge is -2.07. The molecule has 6 heteroatoms. The topological polar surface area (TPSA) is 63.5 Å². The highest BCUT2D eigenvalue weighted by atomic mass is 32.1. The average molecular weight is 263 g/mol. The van der Waals surface area contributed by atoms with E-state index < -0.39 is 0 Å². The fraction of sp³-hybridized carbons (Fsp3) is 0.417. The van der Waals surface area contributed by atoms with Gasteiger partial charge in [0.25, 0.3) is 5.56 Å². The molecule has 0 spiro atoms. The van der Waals surface area contributed by atoms with Gasteiger partial charge in [-0.15, -0.1) is 11.3 Å². The SMILES string of the molecule is Cc1nc2scc(C)n2c(=O)c1NC(=O)C1CC1. The Morgan fingerprint density at radius 1 is 1.50 bits per heavy atom. The number of nitrogens with one attached hydrogen (secondary N) is 1. The number of nitrogens with zero attached hydrogens (tertiary/aromatic N) is 2. The number of carbonyl (C=O) groups is 1. The number of hydrogen-bond acceptors (Lipinski definition) is 4. The molecule has 1 N–H and O–H groups in total. The molecule has 2 heterocycles. The van der Waals surface area contributed by atoms with E-state index in [2.05, 4.69) is 10.3 Å². The number of amides is 1. The van der Waals surface area contributed by atoms with Crippen molar-refractivity contribution in [3.8, 4) is 0 Å². The van der Waals surface area contributed by atoms with Crippen molar-refractivity contribution in [1.82, 2.24) is 9.38 Å². The minimum Gasteiger partial charge on any atom is -0.320 e. The molecule has 1 saturated carbocycles. The number of carbonyl (C=O) groups excluding carboxylic acids is 1. The summed E-state index contributed by atoms with van der Waals surface area (Å²) in [4.78, 5) is 29.1. The fourth-order valence-corrected chi connectivity index (χ4v) is 2.80. The van der Waals surface area contributed by atoms with Crippen molar-refractivity contribution in [2.24, 2.45) is 5.92 Å². The Labute approximate surface area is 107 Å². The number of thiazole rings is 1. The van der Waals surface area contributed by atoms with Crippen LogP contribution in [0.4, 0.5) is 5.69 Å². The summed E-state index contributed by atoms with van der Waals surface area (Å²) >= 11 is 1.43. The molecule has 18 heavy (non-hydrogen) atoms. The summed E-state index contributed by atoms with van der Waals surface area (Å²) in [6.45, 7) is 3.60. The lowest BCUT2D eigenvalue weighted by Crippen LogP contribution is -2.25. The minimum atomic E-state index is -0.190. The molecule has 0 aromatic carbocycles. The van der Waals surface area contributed by atoms with Gasteiger partial charge in [0.1, 0.15) is 5.69 Å². The van der Waals surface area contributed by atoms with E-state index in [4.69, 9.17) is 0 Å². The van der Waals surface area contributed by atoms with Crippen LogP contribution in [-0.4, -0.2) is 15.3 Å². The first kappa shape index (κ1) is 11.4. The molecule has 1 fully saturated rings. The van der Waals surface area contributed by atoms with Crippen LogP contribution in [0.3, 0.4) is 0 Å². The average Bonchev–Trinajstić information content (AvgIpc) is 3.10. The predicted molar refractivity (Wildman–Crippen MR) is 70.2 cm³/mol. The van der Waals surface area contributed by atoms with Gasteiger partial charge in [-0.2, -0.15) is 0 Å². The summed E-state index contributed by atoms with van der Waals surface area (Å²) in [5.41, 5.74) is 1.54. The van der Waals surface area contributed by atoms with Gasteiger partial charge in [0.15, 0.2) is 4.96 Å². The molecule has 94 valence electrons. The molecular formula is C12H13N3O2S. The highest BCUT2D eigenvalue weighted by molar-refractivity contribution is 7.15. The van der Waals surface area contributed by atoms with Crippen LogP contribution in [0.25, 0.3) is 4.96 Å². The second kappa shape index (κ2) is 3.91. The Kier molecular flexibility index (Phi) is 2.48. The van der Waals surface area contributed by atoms with Crippen LogP contribution in [0.2, 0.25) is 0 Å². The van der Waals surface area contributed by atoms with Crippen molar-refractivity contribution in [1.29, 1.82) is 0 Å². The van der Waals surface area contributed by atoms with Crippen LogP contribution < -0.4 is 10.9 Å². The van der Waals surface area contributed by atoms with Crippen molar-refractivity contribution in [3.05, 3.63) is 27.1 Å². The molecule has 3 rings (SSSR count). The molecule has 0 unspecified atom stereocenters. The summed E-state index contributed by atoms with van der Waals surface area (Å²) in [6, 6.07) is 0. The lowest BCUT2D eigenvalue weighted by atomic mass is 10.3. The smallest absolute Gasteiger partial charge is 0.282 e. The summed E-state index contributed by atoms with van der Waals surface area (Å²) in [5, 5.41) is 4.60. The number of rotatable bonds is 2. The zero-order chi connectivity index (χ0) is 12.9. The van der Waals surface area contributed by atoms with Gasteiger partial charge < -0.3 is 5.32 Å². The van der Waals surface area contributed by atoms with Gasteiger partial charge in [0.05, 0.1) is 5.69 Å². The van der Waals surface area contributed by atoms with Gasteiger partial charge in [0.2, 0.25) is 5.91 Å². The van der Waals surface area contributed by atoms with Gasteiger partial charge in [-0.25, -0.2) is 4.98 Å². The van der Waals surface area contributed by atoms with Gasteiger partial charge in [-0.1, -0.05) is 0 Å². The van der Waals surface area contributed by atoms with Crippen molar-refractivity contribution in [3.63, 3.8) is 0 Å². The molecule has 0 atom stereocenters. The second-order valence-corrected chi connectivity index (χ2v) is 5.47. The normalized spacial score (nSPS) is 15.0. The Morgan fingerprint density at radius 2 is 2.22 bits per heavy atom. The molecule has 1 aliphatic carbocycles. The van der Waals surface area contributed by atoms with Gasteiger partial charge in [-0.3, -0.25) is 14.0 Å². The van der Waals surface area contributed by atoms with Crippen LogP contribution >= 0.6 is 11.3 Å². The van der Waals surface area contributed by atoms with Crippen LogP contribution in [0, 0.1) is 19.8 Å².